The Kier molecular flexibility index (Phi) is 6.29. The van der Waals surface area contributed by atoms with E-state index in [9.17, 15) is 4.79 Å². The number of thioether (sulfide) groups is 1. The van der Waals surface area contributed by atoms with Crippen molar-refractivity contribution in [1.29, 1.82) is 0 Å². The first-order valence-corrected chi connectivity index (χ1v) is 6.51. The summed E-state index contributed by atoms with van der Waals surface area (Å²) >= 11 is 1.69. The molecule has 0 aromatic heterocycles. The van der Waals surface area contributed by atoms with Crippen LogP contribution in [0.1, 0.15) is 34.6 Å². The molecule has 4 heteroatoms. The van der Waals surface area contributed by atoms with Gasteiger partial charge in [-0.1, -0.05) is 20.8 Å². The molecule has 0 aliphatic heterocycles. The van der Waals surface area contributed by atoms with E-state index in [0.717, 1.165) is 5.75 Å². The lowest BCUT2D eigenvalue weighted by molar-refractivity contribution is -0.121. The number of hydrogen-bond acceptors (Lipinski definition) is 3. The zero-order chi connectivity index (χ0) is 12.1. The molecular formula is C11H24N2OS. The van der Waals surface area contributed by atoms with Crippen LogP contribution in [0.5, 0.6) is 0 Å². The smallest absolute Gasteiger partial charge is 0.233 e. The van der Waals surface area contributed by atoms with Crippen LogP contribution in [0, 0.1) is 5.92 Å². The summed E-state index contributed by atoms with van der Waals surface area (Å²) in [5, 5.41) is 2.94. The molecule has 1 unspecified atom stereocenters. The molecule has 0 aromatic rings. The van der Waals surface area contributed by atoms with Crippen LogP contribution in [-0.4, -0.2) is 29.0 Å². The second kappa shape index (κ2) is 6.38. The zero-order valence-corrected chi connectivity index (χ0v) is 11.3. The van der Waals surface area contributed by atoms with E-state index in [-0.39, 0.29) is 16.7 Å². The maximum atomic E-state index is 11.8. The quantitative estimate of drug-likeness (QED) is 0.731. The summed E-state index contributed by atoms with van der Waals surface area (Å²) in [6, 6.07) is 0. The van der Waals surface area contributed by atoms with E-state index in [4.69, 9.17) is 5.73 Å². The van der Waals surface area contributed by atoms with E-state index in [1.165, 1.54) is 0 Å². The van der Waals surface area contributed by atoms with Gasteiger partial charge < -0.3 is 11.1 Å². The summed E-state index contributed by atoms with van der Waals surface area (Å²) in [5.74, 6) is 1.42. The second-order valence-corrected chi connectivity index (χ2v) is 6.24. The molecule has 0 aliphatic carbocycles. The molecule has 1 atom stereocenters. The number of carbonyl (C=O) groups excluding carboxylic acids is 1. The van der Waals surface area contributed by atoms with Crippen LogP contribution in [0.4, 0.5) is 0 Å². The molecule has 3 N–H and O–H groups in total. The van der Waals surface area contributed by atoms with Crippen molar-refractivity contribution in [2.75, 3.05) is 12.3 Å². The van der Waals surface area contributed by atoms with Crippen LogP contribution in [0.25, 0.3) is 0 Å². The van der Waals surface area contributed by atoms with Gasteiger partial charge in [0.25, 0.3) is 0 Å². The first kappa shape index (κ1) is 14.8. The molecule has 0 radical (unpaired) electrons. The molecule has 0 bridgehead atoms. The highest BCUT2D eigenvalue weighted by molar-refractivity contribution is 8.00. The molecule has 0 fully saturated rings. The molecule has 0 aliphatic rings. The Balaban J connectivity index is 4.15. The number of hydrogen-bond donors (Lipinski definition) is 2. The molecule has 1 amide bonds. The number of nitrogens with two attached hydrogens (primary N) is 1. The largest absolute Gasteiger partial charge is 0.353 e. The van der Waals surface area contributed by atoms with Crippen molar-refractivity contribution >= 4 is 17.7 Å². The molecule has 0 saturated carbocycles. The average Bonchev–Trinajstić information content (AvgIpc) is 2.08. The first-order valence-electron chi connectivity index (χ1n) is 5.46. The van der Waals surface area contributed by atoms with E-state index in [0.29, 0.717) is 12.5 Å². The summed E-state index contributed by atoms with van der Waals surface area (Å²) < 4.78 is 0. The molecule has 15 heavy (non-hydrogen) atoms. The minimum absolute atomic E-state index is 0.0392. The summed E-state index contributed by atoms with van der Waals surface area (Å²) in [4.78, 5) is 11.8. The van der Waals surface area contributed by atoms with Crippen molar-refractivity contribution < 1.29 is 4.79 Å². The van der Waals surface area contributed by atoms with Crippen molar-refractivity contribution in [2.45, 2.75) is 45.4 Å². The molecule has 0 aromatic carbocycles. The Morgan fingerprint density at radius 3 is 2.33 bits per heavy atom. The zero-order valence-electron chi connectivity index (χ0n) is 10.5. The van der Waals surface area contributed by atoms with Gasteiger partial charge in [-0.3, -0.25) is 4.79 Å². The first-order chi connectivity index (χ1) is 6.78. The van der Waals surface area contributed by atoms with Crippen molar-refractivity contribution in [3.63, 3.8) is 0 Å². The second-order valence-electron chi connectivity index (χ2n) is 4.83. The van der Waals surface area contributed by atoms with Gasteiger partial charge in [-0.05, 0) is 25.5 Å². The van der Waals surface area contributed by atoms with E-state index < -0.39 is 0 Å². The van der Waals surface area contributed by atoms with Crippen LogP contribution in [-0.2, 0) is 4.79 Å². The molecule has 0 spiro atoms. The lowest BCUT2D eigenvalue weighted by Crippen LogP contribution is -2.48. The van der Waals surface area contributed by atoms with Crippen LogP contribution >= 0.6 is 11.8 Å². The van der Waals surface area contributed by atoms with Gasteiger partial charge >= 0.3 is 0 Å². The van der Waals surface area contributed by atoms with E-state index in [1.807, 2.05) is 13.8 Å². The number of rotatable bonds is 6. The predicted molar refractivity (Wildman–Crippen MR) is 68.0 cm³/mol. The highest BCUT2D eigenvalue weighted by Gasteiger charge is 2.23. The fourth-order valence-corrected chi connectivity index (χ4v) is 2.14. The lowest BCUT2D eigenvalue weighted by Gasteiger charge is -2.23. The monoisotopic (exact) mass is 232 g/mol. The van der Waals surface area contributed by atoms with Crippen molar-refractivity contribution in [3.05, 3.63) is 0 Å². The van der Waals surface area contributed by atoms with Gasteiger partial charge in [-0.25, -0.2) is 0 Å². The topological polar surface area (TPSA) is 55.1 Å². The maximum Gasteiger partial charge on any atom is 0.233 e. The van der Waals surface area contributed by atoms with Crippen LogP contribution in [0.2, 0.25) is 0 Å². The Morgan fingerprint density at radius 2 is 2.00 bits per heavy atom. The fourth-order valence-electron chi connectivity index (χ4n) is 1.17. The van der Waals surface area contributed by atoms with Crippen LogP contribution in [0.3, 0.4) is 0 Å². The number of carbonyl (C=O) groups is 1. The normalized spacial score (nSPS) is 14.1. The highest BCUT2D eigenvalue weighted by atomic mass is 32.2. The Bertz CT molecular complexity index is 199. The van der Waals surface area contributed by atoms with Crippen LogP contribution in [0.15, 0.2) is 0 Å². The SMILES string of the molecule is CCSC(C(=O)NCC(C)(C)N)C(C)C. The fraction of sp³-hybridized carbons (Fsp3) is 0.909. The minimum atomic E-state index is -0.339. The highest BCUT2D eigenvalue weighted by Crippen LogP contribution is 2.19. The maximum absolute atomic E-state index is 11.8. The molecule has 3 nitrogen and oxygen atoms in total. The third-order valence-corrected chi connectivity index (χ3v) is 3.38. The number of amides is 1. The van der Waals surface area contributed by atoms with Crippen molar-refractivity contribution in [2.24, 2.45) is 11.7 Å². The average molecular weight is 232 g/mol. The molecule has 0 saturated heterocycles. The molecular weight excluding hydrogens is 208 g/mol. The van der Waals surface area contributed by atoms with E-state index in [1.54, 1.807) is 11.8 Å². The minimum Gasteiger partial charge on any atom is -0.353 e. The molecule has 0 heterocycles. The van der Waals surface area contributed by atoms with Gasteiger partial charge in [0.1, 0.15) is 0 Å². The van der Waals surface area contributed by atoms with Gasteiger partial charge in [0.2, 0.25) is 5.91 Å². The Labute approximate surface area is 97.6 Å². The third-order valence-electron chi connectivity index (χ3n) is 1.93. The van der Waals surface area contributed by atoms with E-state index in [2.05, 4.69) is 26.1 Å². The van der Waals surface area contributed by atoms with Gasteiger partial charge in [0.05, 0.1) is 5.25 Å². The van der Waals surface area contributed by atoms with Gasteiger partial charge in [0.15, 0.2) is 0 Å². The van der Waals surface area contributed by atoms with E-state index >= 15 is 0 Å². The molecule has 90 valence electrons. The Morgan fingerprint density at radius 1 is 1.47 bits per heavy atom. The van der Waals surface area contributed by atoms with Gasteiger partial charge in [0, 0.05) is 12.1 Å². The third kappa shape index (κ3) is 6.79. The van der Waals surface area contributed by atoms with Gasteiger partial charge in [-0.2, -0.15) is 0 Å². The summed E-state index contributed by atoms with van der Waals surface area (Å²) in [7, 11) is 0. The van der Waals surface area contributed by atoms with Crippen molar-refractivity contribution in [1.82, 2.24) is 5.32 Å². The lowest BCUT2D eigenvalue weighted by atomic mass is 10.1. The summed E-state index contributed by atoms with van der Waals surface area (Å²) in [6.45, 7) is 10.6. The molecule has 0 rings (SSSR count). The number of nitrogens with one attached hydrogen (secondary N) is 1. The Hall–Kier alpha value is -0.220. The standard InChI is InChI=1S/C11H24N2OS/c1-6-15-9(8(2)3)10(14)13-7-11(4,5)12/h8-9H,6-7,12H2,1-5H3,(H,13,14). The summed E-state index contributed by atoms with van der Waals surface area (Å²) in [6.07, 6.45) is 0. The predicted octanol–water partition coefficient (Wildman–Crippen LogP) is 1.62. The van der Waals surface area contributed by atoms with Crippen LogP contribution < -0.4 is 11.1 Å². The van der Waals surface area contributed by atoms with Gasteiger partial charge in [-0.15, -0.1) is 11.8 Å². The van der Waals surface area contributed by atoms with Crippen molar-refractivity contribution in [3.8, 4) is 0 Å². The summed E-state index contributed by atoms with van der Waals surface area (Å²) in [5.41, 5.74) is 5.47.